The van der Waals surface area contributed by atoms with Gasteiger partial charge in [0.2, 0.25) is 0 Å². The molecule has 1 aliphatic carbocycles. The van der Waals surface area contributed by atoms with E-state index in [0.717, 1.165) is 12.0 Å². The van der Waals surface area contributed by atoms with Gasteiger partial charge >= 0.3 is 5.97 Å². The summed E-state index contributed by atoms with van der Waals surface area (Å²) >= 11 is 0. The van der Waals surface area contributed by atoms with Crippen molar-refractivity contribution in [2.75, 3.05) is 0 Å². The maximum Gasteiger partial charge on any atom is 0.339 e. The quantitative estimate of drug-likeness (QED) is 0.302. The number of ether oxygens (including phenoxy) is 1. The van der Waals surface area contributed by atoms with E-state index >= 15 is 0 Å². The molecule has 0 aromatic heterocycles. The van der Waals surface area contributed by atoms with Crippen LogP contribution in [0.5, 0.6) is 0 Å². The highest BCUT2D eigenvalue weighted by Crippen LogP contribution is 2.45. The van der Waals surface area contributed by atoms with Gasteiger partial charge in [-0.15, -0.1) is 0 Å². The molecule has 0 fully saturated rings. The molecule has 154 valence electrons. The van der Waals surface area contributed by atoms with Crippen LogP contribution < -0.4 is 0 Å². The zero-order valence-electron chi connectivity index (χ0n) is 18.0. The molecule has 0 radical (unpaired) electrons. The summed E-state index contributed by atoms with van der Waals surface area (Å²) in [6.07, 6.45) is 4.18. The van der Waals surface area contributed by atoms with Crippen LogP contribution in [0.3, 0.4) is 0 Å². The van der Waals surface area contributed by atoms with Crippen LogP contribution in [0, 0.1) is 0 Å². The Labute approximate surface area is 170 Å². The third kappa shape index (κ3) is 4.57. The molecule has 0 heterocycles. The van der Waals surface area contributed by atoms with E-state index in [0.29, 0.717) is 41.4 Å². The van der Waals surface area contributed by atoms with Gasteiger partial charge in [0.1, 0.15) is 0 Å². The summed E-state index contributed by atoms with van der Waals surface area (Å²) in [6, 6.07) is 8.80. The second-order valence-electron chi connectivity index (χ2n) is 8.73. The predicted octanol–water partition coefficient (Wildman–Crippen LogP) is 6.04. The van der Waals surface area contributed by atoms with Gasteiger partial charge < -0.3 is 9.16 Å². The molecule has 1 aliphatic rings. The number of carbonyl (C=O) groups excluding carboxylic acids is 2. The molecule has 0 saturated heterocycles. The van der Waals surface area contributed by atoms with Crippen molar-refractivity contribution >= 4 is 20.6 Å². The monoisotopic (exact) mass is 402 g/mol. The van der Waals surface area contributed by atoms with Crippen molar-refractivity contribution in [2.24, 2.45) is 0 Å². The fourth-order valence-electron chi connectivity index (χ4n) is 4.54. The van der Waals surface area contributed by atoms with Gasteiger partial charge in [-0.1, -0.05) is 59.7 Å². The Balaban J connectivity index is 2.16. The van der Waals surface area contributed by atoms with Crippen LogP contribution in [0.25, 0.3) is 0 Å². The highest BCUT2D eigenvalue weighted by molar-refractivity contribution is 6.77. The second-order valence-corrected chi connectivity index (χ2v) is 14.1. The van der Waals surface area contributed by atoms with E-state index in [1.165, 1.54) is 0 Å². The highest BCUT2D eigenvalue weighted by Gasteiger charge is 2.48. The molecule has 4 nitrogen and oxygen atoms in total. The summed E-state index contributed by atoms with van der Waals surface area (Å²) in [5.74, 6) is 0.497. The fourth-order valence-corrected chi connectivity index (χ4v) is 9.89. The summed E-state index contributed by atoms with van der Waals surface area (Å²) in [7, 11) is -2.02. The van der Waals surface area contributed by atoms with E-state index in [1.807, 2.05) is 12.1 Å². The smallest absolute Gasteiger partial charge is 0.339 e. The Morgan fingerprint density at radius 2 is 1.61 bits per heavy atom. The average Bonchev–Trinajstić information content (AvgIpc) is 2.67. The van der Waals surface area contributed by atoms with E-state index in [2.05, 4.69) is 41.5 Å². The summed E-state index contributed by atoms with van der Waals surface area (Å²) in [5.41, 5.74) is 0.823. The van der Waals surface area contributed by atoms with Crippen molar-refractivity contribution in [2.45, 2.75) is 83.0 Å². The Morgan fingerprint density at radius 3 is 2.04 bits per heavy atom. The molecule has 1 aromatic carbocycles. The highest BCUT2D eigenvalue weighted by atomic mass is 28.4. The molecular formula is C23H34O4Si. The zero-order valence-corrected chi connectivity index (χ0v) is 19.0. The molecular weight excluding hydrogens is 368 g/mol. The van der Waals surface area contributed by atoms with E-state index in [1.54, 1.807) is 24.3 Å². The molecule has 0 spiro atoms. The van der Waals surface area contributed by atoms with Gasteiger partial charge in [0.25, 0.3) is 8.32 Å². The predicted molar refractivity (Wildman–Crippen MR) is 115 cm³/mol. The van der Waals surface area contributed by atoms with Crippen LogP contribution in [0.2, 0.25) is 16.6 Å². The second kappa shape index (κ2) is 9.08. The number of carbonyl (C=O) groups is 2. The van der Waals surface area contributed by atoms with Crippen molar-refractivity contribution < 1.29 is 18.8 Å². The molecule has 0 aliphatic heterocycles. The lowest BCUT2D eigenvalue weighted by Gasteiger charge is -2.44. The molecule has 1 aromatic rings. The number of rotatable bonds is 8. The summed E-state index contributed by atoms with van der Waals surface area (Å²) in [6.45, 7) is 13.5. The first-order chi connectivity index (χ1) is 13.2. The molecule has 0 saturated carbocycles. The van der Waals surface area contributed by atoms with Crippen LogP contribution in [0.15, 0.2) is 42.2 Å². The van der Waals surface area contributed by atoms with Gasteiger partial charge in [-0.3, -0.25) is 4.79 Å². The molecule has 1 unspecified atom stereocenters. The number of aldehydes is 1. The minimum atomic E-state index is -2.02. The van der Waals surface area contributed by atoms with Gasteiger partial charge in [0, 0.05) is 19.3 Å². The van der Waals surface area contributed by atoms with E-state index in [9.17, 15) is 9.59 Å². The Bertz CT molecular complexity index is 687. The van der Waals surface area contributed by atoms with Crippen molar-refractivity contribution in [1.82, 2.24) is 0 Å². The van der Waals surface area contributed by atoms with Crippen molar-refractivity contribution in [3.63, 3.8) is 0 Å². The van der Waals surface area contributed by atoms with Crippen LogP contribution in [-0.2, 0) is 14.0 Å². The largest absolute Gasteiger partial charge is 0.546 e. The molecule has 28 heavy (non-hydrogen) atoms. The third-order valence-corrected chi connectivity index (χ3v) is 12.0. The molecule has 0 bridgehead atoms. The molecule has 0 N–H and O–H groups in total. The Kier molecular flexibility index (Phi) is 7.26. The zero-order chi connectivity index (χ0) is 20.9. The SMILES string of the molecule is CC(C)[Si](OC1=CCC(C=O)(OC(=O)c2ccccc2)CC1)(C(C)C)C(C)C. The first kappa shape index (κ1) is 22.4. The van der Waals surface area contributed by atoms with E-state index in [-0.39, 0.29) is 0 Å². The molecule has 2 rings (SSSR count). The van der Waals surface area contributed by atoms with Gasteiger partial charge in [0.05, 0.1) is 11.3 Å². The molecule has 5 heteroatoms. The standard InChI is InChI=1S/C23H34O4Si/c1-17(2)28(18(3)4,19(5)6)27-21-12-14-23(16-24,15-13-21)26-22(25)20-10-8-7-9-11-20/h7-12,16-19H,13-15H2,1-6H3. The fraction of sp³-hybridized carbons (Fsp3) is 0.565. The van der Waals surface area contributed by atoms with Crippen molar-refractivity contribution in [3.05, 3.63) is 47.7 Å². The number of hydrogen-bond acceptors (Lipinski definition) is 4. The lowest BCUT2D eigenvalue weighted by Crippen LogP contribution is -2.48. The lowest BCUT2D eigenvalue weighted by molar-refractivity contribution is -0.126. The van der Waals surface area contributed by atoms with Gasteiger partial charge in [-0.2, -0.15) is 0 Å². The maximum absolute atomic E-state index is 12.4. The van der Waals surface area contributed by atoms with Gasteiger partial charge in [0.15, 0.2) is 11.9 Å². The van der Waals surface area contributed by atoms with Crippen molar-refractivity contribution in [1.29, 1.82) is 0 Å². The topological polar surface area (TPSA) is 52.6 Å². The van der Waals surface area contributed by atoms with E-state index in [4.69, 9.17) is 9.16 Å². The summed E-state index contributed by atoms with van der Waals surface area (Å²) < 4.78 is 12.4. The van der Waals surface area contributed by atoms with Gasteiger partial charge in [-0.25, -0.2) is 4.79 Å². The number of benzene rings is 1. The van der Waals surface area contributed by atoms with Crippen LogP contribution in [0.1, 0.15) is 71.2 Å². The average molecular weight is 403 g/mol. The summed E-state index contributed by atoms with van der Waals surface area (Å²) in [4.78, 5) is 24.3. The van der Waals surface area contributed by atoms with Crippen LogP contribution >= 0.6 is 0 Å². The van der Waals surface area contributed by atoms with Gasteiger partial charge in [-0.05, 0) is 34.8 Å². The minimum absolute atomic E-state index is 0.364. The first-order valence-electron chi connectivity index (χ1n) is 10.3. The third-order valence-electron chi connectivity index (χ3n) is 6.01. The Hall–Kier alpha value is -1.88. The normalized spacial score (nSPS) is 20.2. The lowest BCUT2D eigenvalue weighted by atomic mass is 9.89. The maximum atomic E-state index is 12.4. The molecule has 1 atom stereocenters. The Morgan fingerprint density at radius 1 is 1.04 bits per heavy atom. The first-order valence-corrected chi connectivity index (χ1v) is 12.4. The number of allylic oxidation sites excluding steroid dienone is 1. The van der Waals surface area contributed by atoms with E-state index < -0.39 is 19.9 Å². The van der Waals surface area contributed by atoms with Crippen molar-refractivity contribution in [3.8, 4) is 0 Å². The molecule has 0 amide bonds. The number of esters is 1. The minimum Gasteiger partial charge on any atom is -0.546 e. The van der Waals surface area contributed by atoms with Crippen LogP contribution in [-0.4, -0.2) is 26.2 Å². The number of hydrogen-bond donors (Lipinski definition) is 0. The summed E-state index contributed by atoms with van der Waals surface area (Å²) in [5, 5.41) is 0. The van der Waals surface area contributed by atoms with Crippen LogP contribution in [0.4, 0.5) is 0 Å².